The molecular formula is C15H18ClN3O. The third kappa shape index (κ3) is 2.03. The molecule has 0 bridgehead atoms. The maximum absolute atomic E-state index is 9.70. The van der Waals surface area contributed by atoms with Crippen LogP contribution < -0.4 is 4.90 Å². The van der Waals surface area contributed by atoms with E-state index < -0.39 is 0 Å². The van der Waals surface area contributed by atoms with Crippen LogP contribution in [0, 0.1) is 0 Å². The topological polar surface area (TPSA) is 49.2 Å². The maximum Gasteiger partial charge on any atom is 0.138 e. The third-order valence-corrected chi connectivity index (χ3v) is 4.28. The van der Waals surface area contributed by atoms with E-state index in [-0.39, 0.29) is 12.1 Å². The second kappa shape index (κ2) is 4.86. The van der Waals surface area contributed by atoms with Crippen LogP contribution in [0.4, 0.5) is 5.82 Å². The number of aliphatic hydroxyl groups excluding tert-OH is 1. The molecule has 3 heterocycles. The number of halogens is 1. The molecule has 0 amide bonds. The van der Waals surface area contributed by atoms with Crippen molar-refractivity contribution in [2.45, 2.75) is 38.8 Å². The van der Waals surface area contributed by atoms with Crippen LogP contribution in [0.2, 0.25) is 5.15 Å². The molecule has 0 saturated carbocycles. The molecule has 1 saturated heterocycles. The summed E-state index contributed by atoms with van der Waals surface area (Å²) in [4.78, 5) is 10.9. The van der Waals surface area contributed by atoms with Crippen LogP contribution in [0.15, 0.2) is 18.5 Å². The number of pyridine rings is 2. The van der Waals surface area contributed by atoms with Crippen LogP contribution in [0.1, 0.15) is 32.3 Å². The van der Waals surface area contributed by atoms with E-state index in [1.165, 1.54) is 5.56 Å². The van der Waals surface area contributed by atoms with Gasteiger partial charge in [0.2, 0.25) is 0 Å². The summed E-state index contributed by atoms with van der Waals surface area (Å²) in [6.45, 7) is 6.90. The zero-order valence-corrected chi connectivity index (χ0v) is 12.6. The molecule has 1 aliphatic rings. The molecule has 0 unspecified atom stereocenters. The van der Waals surface area contributed by atoms with Gasteiger partial charge >= 0.3 is 0 Å². The van der Waals surface area contributed by atoms with Gasteiger partial charge in [-0.05, 0) is 29.9 Å². The lowest BCUT2D eigenvalue weighted by Crippen LogP contribution is -2.59. The summed E-state index contributed by atoms with van der Waals surface area (Å²) in [5.74, 6) is 1.25. The number of hydrogen-bond acceptors (Lipinski definition) is 4. The minimum Gasteiger partial charge on any atom is -0.389 e. The number of aromatic nitrogens is 2. The average molecular weight is 292 g/mol. The number of nitrogens with zero attached hydrogens (tertiary/aromatic N) is 3. The van der Waals surface area contributed by atoms with Crippen molar-refractivity contribution in [1.29, 1.82) is 0 Å². The molecule has 106 valence electrons. The van der Waals surface area contributed by atoms with Crippen molar-refractivity contribution in [1.82, 2.24) is 9.97 Å². The van der Waals surface area contributed by atoms with Crippen molar-refractivity contribution in [2.24, 2.45) is 0 Å². The van der Waals surface area contributed by atoms with E-state index in [2.05, 4.69) is 28.7 Å². The Kier molecular flexibility index (Phi) is 3.30. The van der Waals surface area contributed by atoms with Gasteiger partial charge in [-0.3, -0.25) is 0 Å². The van der Waals surface area contributed by atoms with Gasteiger partial charge in [-0.15, -0.1) is 0 Å². The molecule has 20 heavy (non-hydrogen) atoms. The first-order valence-electron chi connectivity index (χ1n) is 6.88. The smallest absolute Gasteiger partial charge is 0.138 e. The Morgan fingerprint density at radius 3 is 2.65 bits per heavy atom. The highest BCUT2D eigenvalue weighted by Crippen LogP contribution is 2.35. The highest BCUT2D eigenvalue weighted by atomic mass is 35.5. The largest absolute Gasteiger partial charge is 0.389 e. The lowest BCUT2D eigenvalue weighted by molar-refractivity contribution is 0.0990. The molecule has 0 spiro atoms. The standard InChI is InChI=1S/C15H18ClN3O/c1-8(2)11-5-18-15(19-7-13(20)9(19)3)12-6-17-14(16)4-10(11)12/h4-6,8-9,13,20H,7H2,1-3H3/t9-,13-/m0/s1. The van der Waals surface area contributed by atoms with E-state index in [0.717, 1.165) is 16.6 Å². The molecular weight excluding hydrogens is 274 g/mol. The molecule has 2 atom stereocenters. The summed E-state index contributed by atoms with van der Waals surface area (Å²) in [5, 5.41) is 12.3. The second-order valence-corrected chi connectivity index (χ2v) is 6.09. The molecule has 1 aliphatic heterocycles. The molecule has 3 rings (SSSR count). The number of rotatable bonds is 2. The van der Waals surface area contributed by atoms with Crippen LogP contribution in [0.3, 0.4) is 0 Å². The highest BCUT2D eigenvalue weighted by Gasteiger charge is 2.35. The molecule has 4 nitrogen and oxygen atoms in total. The number of fused-ring (bicyclic) bond motifs is 1. The third-order valence-electron chi connectivity index (χ3n) is 4.07. The Morgan fingerprint density at radius 2 is 2.05 bits per heavy atom. The van der Waals surface area contributed by atoms with Crippen LogP contribution in [0.5, 0.6) is 0 Å². The highest BCUT2D eigenvalue weighted by molar-refractivity contribution is 6.30. The maximum atomic E-state index is 9.70. The Bertz CT molecular complexity index is 659. The van der Waals surface area contributed by atoms with Gasteiger partial charge in [0.15, 0.2) is 0 Å². The van der Waals surface area contributed by atoms with Gasteiger partial charge < -0.3 is 10.0 Å². The van der Waals surface area contributed by atoms with Crippen molar-refractivity contribution in [3.63, 3.8) is 0 Å². The van der Waals surface area contributed by atoms with Gasteiger partial charge in [-0.25, -0.2) is 9.97 Å². The normalized spacial score (nSPS) is 22.4. The van der Waals surface area contributed by atoms with E-state index in [0.29, 0.717) is 17.6 Å². The Morgan fingerprint density at radius 1 is 1.30 bits per heavy atom. The lowest BCUT2D eigenvalue weighted by atomic mass is 9.97. The van der Waals surface area contributed by atoms with Gasteiger partial charge in [0.1, 0.15) is 11.0 Å². The lowest BCUT2D eigenvalue weighted by Gasteiger charge is -2.44. The van der Waals surface area contributed by atoms with E-state index in [1.807, 2.05) is 19.2 Å². The average Bonchev–Trinajstić information content (AvgIpc) is 2.42. The first kappa shape index (κ1) is 13.6. The number of anilines is 1. The van der Waals surface area contributed by atoms with Crippen molar-refractivity contribution in [2.75, 3.05) is 11.4 Å². The summed E-state index contributed by atoms with van der Waals surface area (Å²) < 4.78 is 0. The molecule has 2 aromatic rings. The van der Waals surface area contributed by atoms with Crippen LogP contribution >= 0.6 is 11.6 Å². The molecule has 1 fully saturated rings. The monoisotopic (exact) mass is 291 g/mol. The predicted octanol–water partition coefficient (Wildman–Crippen LogP) is 2.98. The van der Waals surface area contributed by atoms with Crippen molar-refractivity contribution >= 4 is 28.2 Å². The van der Waals surface area contributed by atoms with Crippen LogP contribution in [0.25, 0.3) is 10.8 Å². The first-order valence-corrected chi connectivity index (χ1v) is 7.25. The van der Waals surface area contributed by atoms with Gasteiger partial charge in [0.05, 0.1) is 12.1 Å². The summed E-state index contributed by atoms with van der Waals surface area (Å²) in [6.07, 6.45) is 3.41. The van der Waals surface area contributed by atoms with Crippen molar-refractivity contribution < 1.29 is 5.11 Å². The van der Waals surface area contributed by atoms with E-state index in [1.54, 1.807) is 6.20 Å². The Hall–Kier alpha value is -1.39. The van der Waals surface area contributed by atoms with Gasteiger partial charge in [-0.2, -0.15) is 0 Å². The van der Waals surface area contributed by atoms with E-state index in [4.69, 9.17) is 11.6 Å². The minimum atomic E-state index is -0.281. The molecule has 0 radical (unpaired) electrons. The quantitative estimate of drug-likeness (QED) is 0.864. The van der Waals surface area contributed by atoms with Crippen LogP contribution in [-0.2, 0) is 0 Å². The molecule has 2 aromatic heterocycles. The number of aliphatic hydroxyl groups is 1. The fourth-order valence-corrected chi connectivity index (χ4v) is 2.83. The Balaban J connectivity index is 2.18. The van der Waals surface area contributed by atoms with Gasteiger partial charge in [0, 0.05) is 24.3 Å². The summed E-state index contributed by atoms with van der Waals surface area (Å²) in [6, 6.07) is 1.99. The van der Waals surface area contributed by atoms with E-state index in [9.17, 15) is 5.11 Å². The summed E-state index contributed by atoms with van der Waals surface area (Å²) >= 11 is 6.04. The summed E-state index contributed by atoms with van der Waals surface area (Å²) in [7, 11) is 0. The second-order valence-electron chi connectivity index (χ2n) is 5.70. The molecule has 5 heteroatoms. The number of β-amino-alcohol motifs (C(OH)–C–C–N with tert-alkyl or cyclic N) is 1. The Labute approximate surface area is 123 Å². The molecule has 1 N–H and O–H groups in total. The number of hydrogen-bond donors (Lipinski definition) is 1. The summed E-state index contributed by atoms with van der Waals surface area (Å²) in [5.41, 5.74) is 1.17. The fraction of sp³-hybridized carbons (Fsp3) is 0.467. The fourth-order valence-electron chi connectivity index (χ4n) is 2.68. The SMILES string of the molecule is CC(C)c1cnc(N2C[C@H](O)[C@@H]2C)c2cnc(Cl)cc12. The zero-order chi connectivity index (χ0) is 14.4. The predicted molar refractivity (Wildman–Crippen MR) is 81.5 cm³/mol. The van der Waals surface area contributed by atoms with E-state index >= 15 is 0 Å². The van der Waals surface area contributed by atoms with Crippen molar-refractivity contribution in [3.05, 3.63) is 29.2 Å². The minimum absolute atomic E-state index is 0.0891. The van der Waals surface area contributed by atoms with Gasteiger partial charge in [0.25, 0.3) is 0 Å². The molecule has 0 aliphatic carbocycles. The van der Waals surface area contributed by atoms with Crippen LogP contribution in [-0.4, -0.2) is 33.8 Å². The molecule has 0 aromatic carbocycles. The van der Waals surface area contributed by atoms with Crippen molar-refractivity contribution in [3.8, 4) is 0 Å². The first-order chi connectivity index (χ1) is 9.49. The van der Waals surface area contributed by atoms with Gasteiger partial charge in [-0.1, -0.05) is 25.4 Å². The zero-order valence-electron chi connectivity index (χ0n) is 11.8.